The molecular formula is C21H39F2N5S. The van der Waals surface area contributed by atoms with Crippen molar-refractivity contribution in [2.24, 2.45) is 4.99 Å². The summed E-state index contributed by atoms with van der Waals surface area (Å²) in [5, 5.41) is 7.01. The Morgan fingerprint density at radius 1 is 1.10 bits per heavy atom. The first kappa shape index (κ1) is 23.1. The molecule has 1 aliphatic carbocycles. The maximum Gasteiger partial charge on any atom is 0.251 e. The molecule has 0 unspecified atom stereocenters. The Hall–Kier alpha value is -0.600. The van der Waals surface area contributed by atoms with Crippen LogP contribution in [0.5, 0.6) is 0 Å². The molecule has 0 bridgehead atoms. The van der Waals surface area contributed by atoms with Gasteiger partial charge in [0.05, 0.1) is 13.1 Å². The first-order chi connectivity index (χ1) is 14.1. The van der Waals surface area contributed by atoms with Crippen LogP contribution in [-0.2, 0) is 0 Å². The van der Waals surface area contributed by atoms with Crippen LogP contribution in [-0.4, -0.2) is 91.1 Å². The molecule has 168 valence electrons. The van der Waals surface area contributed by atoms with Crippen LogP contribution in [0.25, 0.3) is 0 Å². The van der Waals surface area contributed by atoms with Crippen molar-refractivity contribution in [3.8, 4) is 0 Å². The van der Waals surface area contributed by atoms with Gasteiger partial charge in [0.25, 0.3) is 6.43 Å². The highest BCUT2D eigenvalue weighted by molar-refractivity contribution is 7.99. The fourth-order valence-corrected chi connectivity index (χ4v) is 5.92. The van der Waals surface area contributed by atoms with Gasteiger partial charge in [-0.1, -0.05) is 19.3 Å². The van der Waals surface area contributed by atoms with Crippen molar-refractivity contribution in [3.63, 3.8) is 0 Å². The van der Waals surface area contributed by atoms with E-state index in [1.807, 2.05) is 4.90 Å². The Morgan fingerprint density at radius 3 is 2.41 bits per heavy atom. The molecule has 0 aromatic carbocycles. The molecule has 0 aromatic heterocycles. The van der Waals surface area contributed by atoms with E-state index in [1.165, 1.54) is 56.7 Å². The molecule has 8 heteroatoms. The number of rotatable bonds is 7. The summed E-state index contributed by atoms with van der Waals surface area (Å²) >= 11 is 2.07. The van der Waals surface area contributed by atoms with Crippen LogP contribution in [0, 0.1) is 0 Å². The molecule has 3 rings (SSSR count). The second-order valence-electron chi connectivity index (χ2n) is 8.69. The topological polar surface area (TPSA) is 42.9 Å². The van der Waals surface area contributed by atoms with Gasteiger partial charge in [0.2, 0.25) is 0 Å². The van der Waals surface area contributed by atoms with Gasteiger partial charge in [0.1, 0.15) is 0 Å². The molecule has 2 N–H and O–H groups in total. The van der Waals surface area contributed by atoms with Crippen molar-refractivity contribution in [1.82, 2.24) is 20.4 Å². The van der Waals surface area contributed by atoms with E-state index in [-0.39, 0.29) is 12.1 Å². The number of nitrogens with one attached hydrogen (secondary N) is 2. The third-order valence-electron chi connectivity index (χ3n) is 6.67. The summed E-state index contributed by atoms with van der Waals surface area (Å²) in [5.74, 6) is 3.37. The molecule has 3 fully saturated rings. The van der Waals surface area contributed by atoms with Crippen molar-refractivity contribution in [3.05, 3.63) is 0 Å². The van der Waals surface area contributed by atoms with Gasteiger partial charge in [-0.2, -0.15) is 11.8 Å². The van der Waals surface area contributed by atoms with Gasteiger partial charge in [0, 0.05) is 55.8 Å². The third-order valence-corrected chi connectivity index (χ3v) is 7.61. The molecule has 2 aliphatic heterocycles. The smallest absolute Gasteiger partial charge is 0.251 e. The molecular weight excluding hydrogens is 392 g/mol. The molecule has 0 aromatic rings. The van der Waals surface area contributed by atoms with Gasteiger partial charge in [-0.3, -0.25) is 14.8 Å². The number of hydrogen-bond donors (Lipinski definition) is 2. The molecule has 0 radical (unpaired) electrons. The number of nitrogens with zero attached hydrogens (tertiary/aromatic N) is 3. The highest BCUT2D eigenvalue weighted by Crippen LogP contribution is 2.35. The SMILES string of the molecule is CCNC(=NCC1(N2CCSCC2)CCCCC1)NC1CCN(CC(F)F)CC1. The predicted molar refractivity (Wildman–Crippen MR) is 119 cm³/mol. The van der Waals surface area contributed by atoms with Gasteiger partial charge < -0.3 is 10.6 Å². The minimum absolute atomic E-state index is 0.0997. The lowest BCUT2D eigenvalue weighted by molar-refractivity contribution is 0.0670. The van der Waals surface area contributed by atoms with Gasteiger partial charge >= 0.3 is 0 Å². The van der Waals surface area contributed by atoms with Crippen LogP contribution in [0.2, 0.25) is 0 Å². The van der Waals surface area contributed by atoms with E-state index in [4.69, 9.17) is 4.99 Å². The molecule has 2 heterocycles. The molecule has 3 aliphatic rings. The van der Waals surface area contributed by atoms with Gasteiger partial charge in [-0.15, -0.1) is 0 Å². The number of alkyl halides is 2. The van der Waals surface area contributed by atoms with Crippen LogP contribution in [0.4, 0.5) is 8.78 Å². The molecule has 2 saturated heterocycles. The fourth-order valence-electron chi connectivity index (χ4n) is 5.02. The molecule has 5 nitrogen and oxygen atoms in total. The summed E-state index contributed by atoms with van der Waals surface area (Å²) in [6, 6.07) is 0.315. The standard InChI is InChI=1S/C21H39F2N5S/c1-2-24-20(26-18-6-10-27(11-7-18)16-19(22)23)25-17-21(8-4-3-5-9-21)28-12-14-29-15-13-28/h18-19H,2-17H2,1H3,(H2,24,25,26). The van der Waals surface area contributed by atoms with E-state index in [0.717, 1.165) is 45.0 Å². The second-order valence-corrected chi connectivity index (χ2v) is 9.91. The minimum atomic E-state index is -2.24. The normalized spacial score (nSPS) is 25.3. The Kier molecular flexibility index (Phi) is 9.31. The van der Waals surface area contributed by atoms with Gasteiger partial charge in [-0.25, -0.2) is 8.78 Å². The number of hydrogen-bond acceptors (Lipinski definition) is 4. The Balaban J connectivity index is 1.58. The van der Waals surface area contributed by atoms with Crippen molar-refractivity contribution in [2.75, 3.05) is 57.3 Å². The lowest BCUT2D eigenvalue weighted by Gasteiger charge is -2.47. The van der Waals surface area contributed by atoms with E-state index in [0.29, 0.717) is 6.04 Å². The lowest BCUT2D eigenvalue weighted by atomic mass is 9.80. The summed E-state index contributed by atoms with van der Waals surface area (Å²) < 4.78 is 25.2. The Morgan fingerprint density at radius 2 is 1.79 bits per heavy atom. The van der Waals surface area contributed by atoms with Crippen LogP contribution >= 0.6 is 11.8 Å². The van der Waals surface area contributed by atoms with Crippen LogP contribution in [0.15, 0.2) is 4.99 Å². The maximum absolute atomic E-state index is 12.6. The van der Waals surface area contributed by atoms with E-state index >= 15 is 0 Å². The largest absolute Gasteiger partial charge is 0.357 e. The zero-order valence-electron chi connectivity index (χ0n) is 18.0. The van der Waals surface area contributed by atoms with Crippen LogP contribution in [0.1, 0.15) is 51.9 Å². The summed E-state index contributed by atoms with van der Waals surface area (Å²) in [6.45, 7) is 7.53. The minimum Gasteiger partial charge on any atom is -0.357 e. The molecule has 0 spiro atoms. The quantitative estimate of drug-likeness (QED) is 0.479. The first-order valence-electron chi connectivity index (χ1n) is 11.5. The van der Waals surface area contributed by atoms with Gasteiger partial charge in [0.15, 0.2) is 5.96 Å². The highest BCUT2D eigenvalue weighted by Gasteiger charge is 2.38. The predicted octanol–water partition coefficient (Wildman–Crippen LogP) is 3.02. The average Bonchev–Trinajstić information content (AvgIpc) is 2.74. The first-order valence-corrected chi connectivity index (χ1v) is 12.6. The number of thioether (sulfide) groups is 1. The summed E-state index contributed by atoms with van der Waals surface area (Å²) in [4.78, 5) is 9.65. The number of guanidine groups is 1. The fraction of sp³-hybridized carbons (Fsp3) is 0.952. The second kappa shape index (κ2) is 11.7. The molecule has 0 amide bonds. The van der Waals surface area contributed by atoms with Crippen molar-refractivity contribution >= 4 is 17.7 Å². The monoisotopic (exact) mass is 431 g/mol. The molecule has 1 saturated carbocycles. The molecule has 29 heavy (non-hydrogen) atoms. The Bertz CT molecular complexity index is 499. The van der Waals surface area contributed by atoms with E-state index < -0.39 is 6.43 Å². The number of aliphatic imine (C=N–C) groups is 1. The van der Waals surface area contributed by atoms with E-state index in [2.05, 4.69) is 34.2 Å². The summed E-state index contributed by atoms with van der Waals surface area (Å²) in [7, 11) is 0. The third kappa shape index (κ3) is 6.96. The number of halogens is 2. The maximum atomic E-state index is 12.6. The number of piperidine rings is 1. The number of likely N-dealkylation sites (tertiary alicyclic amines) is 1. The van der Waals surface area contributed by atoms with Crippen molar-refractivity contribution < 1.29 is 8.78 Å². The summed E-state index contributed by atoms with van der Waals surface area (Å²) in [5.41, 5.74) is 0.224. The summed E-state index contributed by atoms with van der Waals surface area (Å²) in [6.07, 6.45) is 6.04. The zero-order valence-corrected chi connectivity index (χ0v) is 18.8. The van der Waals surface area contributed by atoms with E-state index in [9.17, 15) is 8.78 Å². The van der Waals surface area contributed by atoms with Crippen LogP contribution in [0.3, 0.4) is 0 Å². The van der Waals surface area contributed by atoms with Crippen molar-refractivity contribution in [1.29, 1.82) is 0 Å². The highest BCUT2D eigenvalue weighted by atomic mass is 32.2. The van der Waals surface area contributed by atoms with Crippen LogP contribution < -0.4 is 10.6 Å². The molecule has 0 atom stereocenters. The van der Waals surface area contributed by atoms with E-state index in [1.54, 1.807) is 0 Å². The Labute approximate surface area is 179 Å². The average molecular weight is 432 g/mol. The zero-order chi connectivity index (χ0) is 20.5. The van der Waals surface area contributed by atoms with Crippen molar-refractivity contribution in [2.45, 2.75) is 69.9 Å². The lowest BCUT2D eigenvalue weighted by Crippen LogP contribution is -2.56. The van der Waals surface area contributed by atoms with Gasteiger partial charge in [-0.05, 0) is 32.6 Å².